The third-order valence-corrected chi connectivity index (χ3v) is 5.73. The van der Waals surface area contributed by atoms with Gasteiger partial charge in [0, 0.05) is 43.8 Å². The predicted octanol–water partition coefficient (Wildman–Crippen LogP) is 3.92. The second-order valence-corrected chi connectivity index (χ2v) is 7.79. The number of piperazine rings is 1. The van der Waals surface area contributed by atoms with E-state index in [-0.39, 0.29) is 17.0 Å². The van der Waals surface area contributed by atoms with Crippen molar-refractivity contribution in [1.82, 2.24) is 14.8 Å². The van der Waals surface area contributed by atoms with E-state index in [2.05, 4.69) is 46.8 Å². The molecule has 0 N–H and O–H groups in total. The molecule has 24 heavy (non-hydrogen) atoms. The molecule has 0 bridgehead atoms. The number of hydrogen-bond donors (Lipinski definition) is 0. The van der Waals surface area contributed by atoms with Crippen LogP contribution in [0.4, 0.5) is 5.13 Å². The zero-order valence-electron chi connectivity index (χ0n) is 15.7. The van der Waals surface area contributed by atoms with E-state index in [0.29, 0.717) is 0 Å². The standard InChI is InChI=1S/C18H34N4S.BrH/c1-4-6-7-10-20(3)11-8-17-16-19-18(23-17)22-14-12-21(9-5-2)13-15-22;/h16H,4-15H2,1-3H3;1H. The van der Waals surface area contributed by atoms with Crippen molar-refractivity contribution < 1.29 is 0 Å². The SMILES string of the molecule is Br.CCCCCN(C)CCc1cnc(N2CCN(CCC)CC2)s1. The Balaban J connectivity index is 0.00000288. The van der Waals surface area contributed by atoms with Crippen LogP contribution in [0.3, 0.4) is 0 Å². The average Bonchev–Trinajstić information content (AvgIpc) is 3.03. The van der Waals surface area contributed by atoms with Crippen LogP contribution in [0.5, 0.6) is 0 Å². The number of aromatic nitrogens is 1. The van der Waals surface area contributed by atoms with E-state index in [1.807, 2.05) is 11.3 Å². The summed E-state index contributed by atoms with van der Waals surface area (Å²) in [5.74, 6) is 0. The van der Waals surface area contributed by atoms with E-state index < -0.39 is 0 Å². The highest BCUT2D eigenvalue weighted by atomic mass is 79.9. The Morgan fingerprint density at radius 3 is 2.50 bits per heavy atom. The summed E-state index contributed by atoms with van der Waals surface area (Å²) in [5.41, 5.74) is 0. The van der Waals surface area contributed by atoms with Gasteiger partial charge < -0.3 is 9.80 Å². The molecule has 1 aliphatic heterocycles. The summed E-state index contributed by atoms with van der Waals surface area (Å²) in [6.07, 6.45) is 8.46. The molecule has 0 radical (unpaired) electrons. The van der Waals surface area contributed by atoms with Gasteiger partial charge >= 0.3 is 0 Å². The second-order valence-electron chi connectivity index (χ2n) is 6.70. The van der Waals surface area contributed by atoms with Crippen LogP contribution in [0.15, 0.2) is 6.20 Å². The lowest BCUT2D eigenvalue weighted by molar-refractivity contribution is 0.258. The molecule has 0 saturated carbocycles. The number of anilines is 1. The van der Waals surface area contributed by atoms with Gasteiger partial charge in [-0.15, -0.1) is 28.3 Å². The van der Waals surface area contributed by atoms with Gasteiger partial charge in [0.15, 0.2) is 5.13 Å². The normalized spacial score (nSPS) is 15.8. The fraction of sp³-hybridized carbons (Fsp3) is 0.833. The number of nitrogens with zero attached hydrogens (tertiary/aromatic N) is 4. The molecule has 1 aliphatic rings. The predicted molar refractivity (Wildman–Crippen MR) is 112 cm³/mol. The summed E-state index contributed by atoms with van der Waals surface area (Å²) in [5, 5.41) is 1.23. The van der Waals surface area contributed by atoms with Crippen molar-refractivity contribution in [3.8, 4) is 0 Å². The Morgan fingerprint density at radius 1 is 1.08 bits per heavy atom. The molecular weight excluding hydrogens is 384 g/mol. The Kier molecular flexibility index (Phi) is 11.1. The van der Waals surface area contributed by atoms with Crippen LogP contribution in [0, 0.1) is 0 Å². The van der Waals surface area contributed by atoms with Crippen molar-refractivity contribution in [2.45, 2.75) is 46.0 Å². The molecule has 0 aliphatic carbocycles. The van der Waals surface area contributed by atoms with Crippen LogP contribution in [-0.4, -0.2) is 67.6 Å². The minimum atomic E-state index is 0. The zero-order chi connectivity index (χ0) is 16.5. The van der Waals surface area contributed by atoms with Gasteiger partial charge in [0.2, 0.25) is 0 Å². The van der Waals surface area contributed by atoms with Gasteiger partial charge in [0.25, 0.3) is 0 Å². The highest BCUT2D eigenvalue weighted by molar-refractivity contribution is 8.93. The van der Waals surface area contributed by atoms with Gasteiger partial charge in [-0.1, -0.05) is 26.7 Å². The molecule has 2 rings (SSSR count). The summed E-state index contributed by atoms with van der Waals surface area (Å²) in [6, 6.07) is 0. The lowest BCUT2D eigenvalue weighted by Crippen LogP contribution is -2.46. The number of hydrogen-bond acceptors (Lipinski definition) is 5. The Morgan fingerprint density at radius 2 is 1.83 bits per heavy atom. The molecule has 6 heteroatoms. The van der Waals surface area contributed by atoms with Gasteiger partial charge in [-0.2, -0.15) is 0 Å². The van der Waals surface area contributed by atoms with Crippen molar-refractivity contribution in [2.24, 2.45) is 0 Å². The van der Waals surface area contributed by atoms with Crippen molar-refractivity contribution >= 4 is 33.4 Å². The van der Waals surface area contributed by atoms with Gasteiger partial charge in [0.1, 0.15) is 0 Å². The Bertz CT molecular complexity index is 432. The van der Waals surface area contributed by atoms with Gasteiger partial charge in [-0.3, -0.25) is 4.90 Å². The van der Waals surface area contributed by atoms with Crippen LogP contribution in [0.25, 0.3) is 0 Å². The minimum Gasteiger partial charge on any atom is -0.346 e. The third kappa shape index (κ3) is 7.38. The largest absolute Gasteiger partial charge is 0.346 e. The lowest BCUT2D eigenvalue weighted by Gasteiger charge is -2.34. The van der Waals surface area contributed by atoms with Crippen LogP contribution >= 0.6 is 28.3 Å². The molecule has 0 spiro atoms. The summed E-state index contributed by atoms with van der Waals surface area (Å²) < 4.78 is 0. The maximum atomic E-state index is 4.67. The first kappa shape index (κ1) is 21.9. The van der Waals surface area contributed by atoms with Crippen LogP contribution in [-0.2, 0) is 6.42 Å². The van der Waals surface area contributed by atoms with E-state index >= 15 is 0 Å². The van der Waals surface area contributed by atoms with Crippen LogP contribution in [0.1, 0.15) is 44.4 Å². The Labute approximate surface area is 163 Å². The van der Waals surface area contributed by atoms with Crippen LogP contribution < -0.4 is 4.90 Å². The Hall–Kier alpha value is -0.170. The van der Waals surface area contributed by atoms with Gasteiger partial charge in [0.05, 0.1) is 0 Å². The smallest absolute Gasteiger partial charge is 0.185 e. The molecule has 1 aromatic heterocycles. The summed E-state index contributed by atoms with van der Waals surface area (Å²) in [6.45, 7) is 12.8. The molecule has 4 nitrogen and oxygen atoms in total. The lowest BCUT2D eigenvalue weighted by atomic mass is 10.2. The van der Waals surface area contributed by atoms with E-state index in [1.54, 1.807) is 0 Å². The molecular formula is C18H35BrN4S. The van der Waals surface area contributed by atoms with E-state index in [1.165, 1.54) is 61.9 Å². The maximum absolute atomic E-state index is 4.67. The molecule has 0 unspecified atom stereocenters. The van der Waals surface area contributed by atoms with Gasteiger partial charge in [-0.05, 0) is 39.4 Å². The van der Waals surface area contributed by atoms with E-state index in [9.17, 15) is 0 Å². The van der Waals surface area contributed by atoms with Gasteiger partial charge in [-0.25, -0.2) is 4.98 Å². The molecule has 2 heterocycles. The van der Waals surface area contributed by atoms with Crippen molar-refractivity contribution in [1.29, 1.82) is 0 Å². The fourth-order valence-corrected chi connectivity index (χ4v) is 4.03. The highest BCUT2D eigenvalue weighted by Gasteiger charge is 2.18. The summed E-state index contributed by atoms with van der Waals surface area (Å²) in [4.78, 5) is 13.6. The molecule has 1 saturated heterocycles. The van der Waals surface area contributed by atoms with E-state index in [4.69, 9.17) is 0 Å². The first-order valence-electron chi connectivity index (χ1n) is 9.33. The number of unbranched alkanes of at least 4 members (excludes halogenated alkanes) is 2. The fourth-order valence-electron chi connectivity index (χ4n) is 3.08. The molecule has 1 fully saturated rings. The second kappa shape index (κ2) is 12.2. The van der Waals surface area contributed by atoms with Crippen molar-refractivity contribution in [3.05, 3.63) is 11.1 Å². The first-order valence-corrected chi connectivity index (χ1v) is 10.1. The number of thiazole rings is 1. The highest BCUT2D eigenvalue weighted by Crippen LogP contribution is 2.24. The molecule has 140 valence electrons. The average molecular weight is 419 g/mol. The van der Waals surface area contributed by atoms with Crippen molar-refractivity contribution in [2.75, 3.05) is 57.8 Å². The van der Waals surface area contributed by atoms with Crippen LogP contribution in [0.2, 0.25) is 0 Å². The van der Waals surface area contributed by atoms with E-state index in [0.717, 1.165) is 26.1 Å². The quantitative estimate of drug-likeness (QED) is 0.536. The summed E-state index contributed by atoms with van der Waals surface area (Å²) in [7, 11) is 2.24. The molecule has 0 amide bonds. The number of halogens is 1. The summed E-state index contributed by atoms with van der Waals surface area (Å²) >= 11 is 1.89. The zero-order valence-corrected chi connectivity index (χ0v) is 18.2. The van der Waals surface area contributed by atoms with Crippen molar-refractivity contribution in [3.63, 3.8) is 0 Å². The first-order chi connectivity index (χ1) is 11.2. The third-order valence-electron chi connectivity index (χ3n) is 4.61. The minimum absolute atomic E-state index is 0. The number of likely N-dealkylation sites (N-methyl/N-ethyl adjacent to an activating group) is 1. The topological polar surface area (TPSA) is 22.6 Å². The molecule has 1 aromatic rings. The monoisotopic (exact) mass is 418 g/mol. The molecule has 0 aromatic carbocycles. The maximum Gasteiger partial charge on any atom is 0.185 e. The number of rotatable bonds is 10. The molecule has 0 atom stereocenters.